The molecule has 30 valence electrons. The van der Waals surface area contributed by atoms with Crippen LogP contribution in [0, 0.1) is 0 Å². The van der Waals surface area contributed by atoms with E-state index in [1.54, 1.807) is 6.92 Å². The summed E-state index contributed by atoms with van der Waals surface area (Å²) >= 11 is 0.300. The van der Waals surface area contributed by atoms with Crippen LogP contribution < -0.4 is 0 Å². The number of hydrogen-bond donors (Lipinski definition) is 1. The molecule has 0 atom stereocenters. The fraction of sp³-hybridized carbons (Fsp3) is 1.00. The Kier molecular flexibility index (Phi) is 43.4. The van der Waals surface area contributed by atoms with Gasteiger partial charge in [-0.1, -0.05) is 0 Å². The molecule has 0 saturated carbocycles. The van der Waals surface area contributed by atoms with Crippen molar-refractivity contribution in [2.45, 2.75) is 6.92 Å². The average molecular weight is 181 g/mol. The second-order valence-electron chi connectivity index (χ2n) is 0.316. The zero-order valence-corrected chi connectivity index (χ0v) is 5.92. The fourth-order valence-corrected chi connectivity index (χ4v) is 0. The van der Waals surface area contributed by atoms with E-state index in [0.29, 0.717) is 22.5 Å². The van der Waals surface area contributed by atoms with Crippen LogP contribution in [0.5, 0.6) is 0 Å². The minimum absolute atomic E-state index is 0.250. The van der Waals surface area contributed by atoms with Gasteiger partial charge in [0.1, 0.15) is 0 Å². The zero-order valence-electron chi connectivity index (χ0n) is 3.06. The third-order valence-electron chi connectivity index (χ3n) is 0. The molecule has 0 unspecified atom stereocenters. The summed E-state index contributed by atoms with van der Waals surface area (Å²) in [6.45, 7) is 1.93. The predicted molar refractivity (Wildman–Crippen MR) is 19.2 cm³/mol. The monoisotopic (exact) mass is 182 g/mol. The summed E-state index contributed by atoms with van der Waals surface area (Å²) in [5.41, 5.74) is 0. The van der Waals surface area contributed by atoms with Crippen LogP contribution in [-0.2, 0) is 3.08 Å². The molecule has 0 aromatic heterocycles. The molecule has 0 bridgehead atoms. The number of hydrogen-bond acceptors (Lipinski definition) is 2. The van der Waals surface area contributed by atoms with E-state index in [1.807, 2.05) is 0 Å². The molecule has 0 aromatic rings. The maximum atomic E-state index is 8.34. The Hall–Kier alpha value is 0.559. The Labute approximate surface area is 44.7 Å². The van der Waals surface area contributed by atoms with Crippen LogP contribution in [0.25, 0.3) is 0 Å². The van der Waals surface area contributed by atoms with Crippen molar-refractivity contribution in [2.75, 3.05) is 6.61 Å². The molecular formula is C2H6O2Sn. The SMILES string of the molecule is CCO.[O]=[Sn]. The van der Waals surface area contributed by atoms with Gasteiger partial charge in [-0.2, -0.15) is 0 Å². The number of aliphatic hydroxyl groups is 1. The van der Waals surface area contributed by atoms with Crippen molar-refractivity contribution >= 4 is 22.5 Å². The normalized spacial score (nSPS) is 4.40. The second kappa shape index (κ2) is 23.8. The van der Waals surface area contributed by atoms with E-state index in [1.165, 1.54) is 0 Å². The van der Waals surface area contributed by atoms with Crippen LogP contribution in [-0.4, -0.2) is 34.2 Å². The average Bonchev–Trinajstić information content (AvgIpc) is 1.46. The first kappa shape index (κ1) is 9.12. The van der Waals surface area contributed by atoms with Crippen molar-refractivity contribution in [3.8, 4) is 0 Å². The van der Waals surface area contributed by atoms with E-state index in [0.717, 1.165) is 0 Å². The van der Waals surface area contributed by atoms with Crippen molar-refractivity contribution in [2.24, 2.45) is 0 Å². The molecule has 0 aromatic carbocycles. The Balaban J connectivity index is 0. The third kappa shape index (κ3) is 95.6. The summed E-state index contributed by atoms with van der Waals surface area (Å²) < 4.78 is 8.34. The summed E-state index contributed by atoms with van der Waals surface area (Å²) in [6.07, 6.45) is 0. The minimum atomic E-state index is 0.250. The summed E-state index contributed by atoms with van der Waals surface area (Å²) in [6, 6.07) is 0. The van der Waals surface area contributed by atoms with Gasteiger partial charge in [0.15, 0.2) is 0 Å². The van der Waals surface area contributed by atoms with E-state index in [9.17, 15) is 0 Å². The molecule has 0 rings (SSSR count). The molecule has 5 heavy (non-hydrogen) atoms. The molecule has 0 fully saturated rings. The van der Waals surface area contributed by atoms with E-state index in [2.05, 4.69) is 0 Å². The molecule has 0 heterocycles. The fourth-order valence-electron chi connectivity index (χ4n) is 0. The first-order valence-corrected chi connectivity index (χ1v) is 2.39. The summed E-state index contributed by atoms with van der Waals surface area (Å²) in [5.74, 6) is 0. The number of aliphatic hydroxyl groups excluding tert-OH is 1. The molecule has 0 saturated heterocycles. The van der Waals surface area contributed by atoms with Crippen LogP contribution in [0.15, 0.2) is 0 Å². The summed E-state index contributed by atoms with van der Waals surface area (Å²) in [5, 5.41) is 7.57. The Bertz CT molecular complexity index is 11.6. The first-order chi connectivity index (χ1) is 2.41. The second-order valence-corrected chi connectivity index (χ2v) is 0.316. The van der Waals surface area contributed by atoms with Crippen LogP contribution in [0.3, 0.4) is 0 Å². The van der Waals surface area contributed by atoms with Gasteiger partial charge in [-0.3, -0.25) is 0 Å². The zero-order chi connectivity index (χ0) is 4.71. The van der Waals surface area contributed by atoms with Crippen molar-refractivity contribution in [3.63, 3.8) is 0 Å². The van der Waals surface area contributed by atoms with Crippen LogP contribution in [0.1, 0.15) is 6.92 Å². The van der Waals surface area contributed by atoms with Gasteiger partial charge in [0.25, 0.3) is 0 Å². The number of rotatable bonds is 0. The van der Waals surface area contributed by atoms with E-state index in [-0.39, 0.29) is 6.61 Å². The van der Waals surface area contributed by atoms with E-state index < -0.39 is 0 Å². The molecule has 3 heteroatoms. The maximum absolute atomic E-state index is 8.34. The van der Waals surface area contributed by atoms with Crippen LogP contribution in [0.4, 0.5) is 0 Å². The molecule has 2 nitrogen and oxygen atoms in total. The Morgan fingerprint density at radius 1 is 1.80 bits per heavy atom. The van der Waals surface area contributed by atoms with Crippen LogP contribution in [0.2, 0.25) is 0 Å². The Morgan fingerprint density at radius 3 is 1.80 bits per heavy atom. The molecule has 0 aliphatic heterocycles. The molecule has 0 spiro atoms. The molecular weight excluding hydrogens is 175 g/mol. The van der Waals surface area contributed by atoms with Gasteiger partial charge >= 0.3 is 25.6 Å². The predicted octanol–water partition coefficient (Wildman–Crippen LogP) is -0.501. The topological polar surface area (TPSA) is 37.3 Å². The molecule has 0 amide bonds. The van der Waals surface area contributed by atoms with Crippen molar-refractivity contribution in [3.05, 3.63) is 0 Å². The van der Waals surface area contributed by atoms with Gasteiger partial charge in [0, 0.05) is 6.61 Å². The van der Waals surface area contributed by atoms with Gasteiger partial charge in [0.2, 0.25) is 0 Å². The summed E-state index contributed by atoms with van der Waals surface area (Å²) in [4.78, 5) is 0. The standard InChI is InChI=1S/C2H6O.O.Sn/c1-2-3;;/h3H,2H2,1H3;;. The molecule has 1 N–H and O–H groups in total. The van der Waals surface area contributed by atoms with Crippen molar-refractivity contribution in [1.82, 2.24) is 0 Å². The van der Waals surface area contributed by atoms with E-state index in [4.69, 9.17) is 8.18 Å². The molecule has 0 aliphatic carbocycles. The Morgan fingerprint density at radius 2 is 1.80 bits per heavy atom. The van der Waals surface area contributed by atoms with Gasteiger partial charge < -0.3 is 5.11 Å². The van der Waals surface area contributed by atoms with Crippen molar-refractivity contribution in [1.29, 1.82) is 0 Å². The molecule has 0 aliphatic rings. The molecule has 2 radical (unpaired) electrons. The van der Waals surface area contributed by atoms with Gasteiger partial charge in [-0.05, 0) is 6.92 Å². The van der Waals surface area contributed by atoms with E-state index >= 15 is 0 Å². The van der Waals surface area contributed by atoms with Gasteiger partial charge in [0.05, 0.1) is 0 Å². The first-order valence-electron chi connectivity index (χ1n) is 1.23. The summed E-state index contributed by atoms with van der Waals surface area (Å²) in [7, 11) is 0. The quantitative estimate of drug-likeness (QED) is 0.511. The van der Waals surface area contributed by atoms with Crippen molar-refractivity contribution < 1.29 is 8.18 Å². The van der Waals surface area contributed by atoms with Gasteiger partial charge in [-0.15, -0.1) is 0 Å². The third-order valence-corrected chi connectivity index (χ3v) is 0. The van der Waals surface area contributed by atoms with Gasteiger partial charge in [-0.25, -0.2) is 0 Å². The van der Waals surface area contributed by atoms with Crippen LogP contribution >= 0.6 is 0 Å².